The number of hydrogen-bond acceptors (Lipinski definition) is 16. The summed E-state index contributed by atoms with van der Waals surface area (Å²) in [4.78, 5) is 141. The zero-order chi connectivity index (χ0) is 48.1. The zero-order valence-electron chi connectivity index (χ0n) is 35.0. The Bertz CT molecular complexity index is 1680. The molecule has 0 spiro atoms. The van der Waals surface area contributed by atoms with Crippen LogP contribution in [0.4, 0.5) is 0 Å². The lowest BCUT2D eigenvalue weighted by Crippen LogP contribution is -2.60. The van der Waals surface area contributed by atoms with Gasteiger partial charge in [-0.05, 0) is 44.9 Å². The predicted octanol–water partition coefficient (Wildman–Crippen LogP) is -5.24. The third-order valence-electron chi connectivity index (χ3n) is 9.47. The minimum Gasteiger partial charge on any atom is -0.481 e. The van der Waals surface area contributed by atoms with E-state index in [2.05, 4.69) is 69.8 Å². The van der Waals surface area contributed by atoms with Gasteiger partial charge in [0.05, 0.1) is 12.6 Å². The zero-order valence-corrected chi connectivity index (χ0v) is 37.7. The molecule has 1 heterocycles. The first kappa shape index (κ1) is 56.2. The second-order valence-corrected chi connectivity index (χ2v) is 16.1. The van der Waals surface area contributed by atoms with Crippen LogP contribution in [0.15, 0.2) is 0 Å². The maximum atomic E-state index is 13.6. The summed E-state index contributed by atoms with van der Waals surface area (Å²) >= 11 is 12.3. The second kappa shape index (κ2) is 28.0. The van der Waals surface area contributed by atoms with Crippen molar-refractivity contribution in [1.82, 2.24) is 42.1 Å². The molecule has 0 aromatic heterocycles. The molecule has 9 atom stereocenters. The Kier molecular flexibility index (Phi) is 25.0. The smallest absolute Gasteiger partial charge is 0.328 e. The summed E-state index contributed by atoms with van der Waals surface area (Å²) in [5, 5.41) is 44.2. The summed E-state index contributed by atoms with van der Waals surface area (Å²) in [7, 11) is 0. The molecule has 24 nitrogen and oxygen atoms in total. The number of nitrogens with zero attached hydrogens (tertiary/aromatic N) is 1. The van der Waals surface area contributed by atoms with Crippen molar-refractivity contribution in [2.45, 2.75) is 120 Å². The fraction of sp³-hybridized carbons (Fsp3) is 0.694. The number of aliphatic hydroxyl groups is 1. The molecule has 0 aromatic carbocycles. The molecular weight excluding hydrogens is 893 g/mol. The van der Waals surface area contributed by atoms with E-state index < -0.39 is 139 Å². The van der Waals surface area contributed by atoms with E-state index in [0.29, 0.717) is 6.42 Å². The number of carbonyl (C=O) groups is 11. The van der Waals surface area contributed by atoms with Crippen LogP contribution in [0.5, 0.6) is 0 Å². The summed E-state index contributed by atoms with van der Waals surface area (Å²) in [6, 6.07) is -12.1. The average molecular weight is 953 g/mol. The van der Waals surface area contributed by atoms with E-state index in [1.54, 1.807) is 13.8 Å². The first-order valence-corrected chi connectivity index (χ1v) is 21.8. The van der Waals surface area contributed by atoms with Crippen molar-refractivity contribution in [3.63, 3.8) is 0 Å². The minimum absolute atomic E-state index is 0.0446. The minimum atomic E-state index is -1.71. The summed E-state index contributed by atoms with van der Waals surface area (Å²) in [6.07, 6.45) is -0.629. The van der Waals surface area contributed by atoms with Crippen molar-refractivity contribution in [3.05, 3.63) is 0 Å². The van der Waals surface area contributed by atoms with Crippen LogP contribution in [0.3, 0.4) is 0 Å². The number of thiol groups is 3. The molecule has 0 aromatic rings. The summed E-state index contributed by atoms with van der Waals surface area (Å²) in [6.45, 7) is 4.02. The molecule has 1 saturated heterocycles. The van der Waals surface area contributed by atoms with E-state index >= 15 is 0 Å². The monoisotopic (exact) mass is 952 g/mol. The Labute approximate surface area is 379 Å². The van der Waals surface area contributed by atoms with Crippen LogP contribution in [0, 0.1) is 5.92 Å². The van der Waals surface area contributed by atoms with Crippen molar-refractivity contribution in [2.24, 2.45) is 17.4 Å². The molecule has 356 valence electrons. The molecule has 1 fully saturated rings. The van der Waals surface area contributed by atoms with Crippen LogP contribution in [0.1, 0.15) is 65.7 Å². The van der Waals surface area contributed by atoms with Gasteiger partial charge in [0.1, 0.15) is 48.3 Å². The Morgan fingerprint density at radius 1 is 0.635 bits per heavy atom. The molecule has 0 saturated carbocycles. The molecule has 1 aliphatic heterocycles. The number of hydrogen-bond donors (Lipinski definition) is 15. The van der Waals surface area contributed by atoms with Gasteiger partial charge >= 0.3 is 11.9 Å². The average Bonchev–Trinajstić information content (AvgIpc) is 3.72. The Morgan fingerprint density at radius 2 is 1.11 bits per heavy atom. The van der Waals surface area contributed by atoms with Gasteiger partial charge in [-0.2, -0.15) is 37.9 Å². The van der Waals surface area contributed by atoms with Crippen LogP contribution in [0.25, 0.3) is 0 Å². The quantitative estimate of drug-likeness (QED) is 0.0326. The maximum Gasteiger partial charge on any atom is 0.328 e. The number of carbonyl (C=O) groups excluding carboxylic acids is 9. The third-order valence-corrected chi connectivity index (χ3v) is 10.6. The molecule has 9 amide bonds. The van der Waals surface area contributed by atoms with E-state index in [1.807, 2.05) is 5.32 Å². The lowest BCUT2D eigenvalue weighted by Gasteiger charge is -2.29. The van der Waals surface area contributed by atoms with Gasteiger partial charge in [-0.25, -0.2) is 4.79 Å². The molecule has 0 aliphatic carbocycles. The number of rotatable bonds is 28. The molecule has 1 aliphatic rings. The molecular formula is C36H60N10O14S3. The molecule has 1 rings (SSSR count). The van der Waals surface area contributed by atoms with Gasteiger partial charge in [0.2, 0.25) is 53.2 Å². The van der Waals surface area contributed by atoms with Gasteiger partial charge < -0.3 is 68.9 Å². The van der Waals surface area contributed by atoms with Gasteiger partial charge in [-0.15, -0.1) is 0 Å². The third kappa shape index (κ3) is 19.2. The number of primary amides is 1. The number of nitrogens with two attached hydrogens (primary N) is 2. The van der Waals surface area contributed by atoms with Crippen LogP contribution in [-0.4, -0.2) is 170 Å². The number of amides is 9. The number of carboxylic acids is 2. The van der Waals surface area contributed by atoms with E-state index in [0.717, 1.165) is 0 Å². The largest absolute Gasteiger partial charge is 0.481 e. The van der Waals surface area contributed by atoms with Crippen molar-refractivity contribution < 1.29 is 68.1 Å². The number of aliphatic hydroxyl groups excluding tert-OH is 1. The molecule has 0 bridgehead atoms. The topological polar surface area (TPSA) is 388 Å². The Morgan fingerprint density at radius 3 is 1.59 bits per heavy atom. The highest BCUT2D eigenvalue weighted by molar-refractivity contribution is 7.80. The summed E-state index contributed by atoms with van der Waals surface area (Å²) in [5.41, 5.74) is 10.9. The van der Waals surface area contributed by atoms with Crippen molar-refractivity contribution in [2.75, 3.05) is 30.4 Å². The number of carboxylic acid groups (broad SMARTS) is 2. The number of aliphatic carboxylic acids is 2. The Hall–Kier alpha value is -4.86. The number of likely N-dealkylation sites (tertiary alicyclic amines) is 1. The van der Waals surface area contributed by atoms with Crippen molar-refractivity contribution in [1.29, 1.82) is 0 Å². The van der Waals surface area contributed by atoms with E-state index in [9.17, 15) is 63.0 Å². The summed E-state index contributed by atoms with van der Waals surface area (Å²) < 4.78 is 0. The normalized spacial score (nSPS) is 17.3. The first-order valence-electron chi connectivity index (χ1n) is 19.9. The fourth-order valence-electron chi connectivity index (χ4n) is 5.97. The first-order chi connectivity index (χ1) is 29.5. The van der Waals surface area contributed by atoms with Gasteiger partial charge in [-0.3, -0.25) is 47.9 Å². The molecule has 63 heavy (non-hydrogen) atoms. The van der Waals surface area contributed by atoms with E-state index in [1.165, 1.54) is 11.8 Å². The fourth-order valence-corrected chi connectivity index (χ4v) is 6.73. The molecule has 14 N–H and O–H groups in total. The Balaban J connectivity index is 3.07. The van der Waals surface area contributed by atoms with Crippen LogP contribution >= 0.6 is 37.9 Å². The molecule has 0 unspecified atom stereocenters. The van der Waals surface area contributed by atoms with Crippen molar-refractivity contribution in [3.8, 4) is 0 Å². The standard InChI is InChI=1S/C36H60N10O14S3/c1-16(2)11-20(41-28(51)17(3)39-34(57)25-5-4-10-46(25)35(58)24(15-63)45-29(52)18(37)6-8-26(38)48)31(54)44-22(13-61)32(55)40-19(7-9-27(49)50)30(53)43-23(14-62)33(56)42-21(12-47)36(59)60/h16-25,47,61-63H,4-15,37H2,1-3H3,(H2,38,48)(H,39,57)(H,40,55)(H,41,51)(H,42,56)(H,43,53)(H,44,54)(H,45,52)(H,49,50)(H,59,60)/t17-,18-,19-,20-,21-,22-,23-,24-,25-/m0/s1. The predicted molar refractivity (Wildman–Crippen MR) is 233 cm³/mol. The van der Waals surface area contributed by atoms with Gasteiger partial charge in [0.15, 0.2) is 0 Å². The van der Waals surface area contributed by atoms with Crippen LogP contribution < -0.4 is 48.7 Å². The van der Waals surface area contributed by atoms with Gasteiger partial charge in [-0.1, -0.05) is 13.8 Å². The highest BCUT2D eigenvalue weighted by Crippen LogP contribution is 2.19. The maximum absolute atomic E-state index is 13.6. The lowest BCUT2D eigenvalue weighted by atomic mass is 10.0. The SMILES string of the molecule is CC(C)C[C@H](NC(=O)[C@H](C)NC(=O)[C@@H]1CCCN1C(=O)[C@H](CS)NC(=O)[C@@H](N)CCC(N)=O)C(=O)N[C@@H](CS)C(=O)N[C@@H](CCC(=O)O)C(=O)N[C@@H](CS)C(=O)N[C@@H](CO)C(=O)O. The lowest BCUT2D eigenvalue weighted by molar-refractivity contribution is -0.143. The van der Waals surface area contributed by atoms with Crippen LogP contribution in [0.2, 0.25) is 0 Å². The second-order valence-electron chi connectivity index (χ2n) is 15.0. The van der Waals surface area contributed by atoms with E-state index in [4.69, 9.17) is 16.6 Å². The van der Waals surface area contributed by atoms with Crippen molar-refractivity contribution >= 4 is 103 Å². The molecule has 0 radical (unpaired) electrons. The van der Waals surface area contributed by atoms with Gasteiger partial charge in [0.25, 0.3) is 0 Å². The van der Waals surface area contributed by atoms with Gasteiger partial charge in [0, 0.05) is 36.6 Å². The van der Waals surface area contributed by atoms with E-state index in [-0.39, 0.29) is 55.4 Å². The molecule has 27 heteroatoms. The summed E-state index contributed by atoms with van der Waals surface area (Å²) in [5.74, 6) is -11.4. The van der Waals surface area contributed by atoms with Crippen LogP contribution in [-0.2, 0) is 52.7 Å². The number of nitrogens with one attached hydrogen (secondary N) is 7. The highest BCUT2D eigenvalue weighted by atomic mass is 32.1. The highest BCUT2D eigenvalue weighted by Gasteiger charge is 2.39.